The highest BCUT2D eigenvalue weighted by atomic mass is 16.5. The molecule has 1 aromatic heterocycles. The molecule has 1 aliphatic rings. The number of hydrogen-bond donors (Lipinski definition) is 0. The van der Waals surface area contributed by atoms with E-state index in [-0.39, 0.29) is 0 Å². The van der Waals surface area contributed by atoms with Gasteiger partial charge in [-0.1, -0.05) is 18.2 Å². The lowest BCUT2D eigenvalue weighted by Crippen LogP contribution is -2.06. The van der Waals surface area contributed by atoms with Crippen LogP contribution in [0.15, 0.2) is 36.4 Å². The summed E-state index contributed by atoms with van der Waals surface area (Å²) in [6, 6.07) is 11.7. The lowest BCUT2D eigenvalue weighted by molar-refractivity contribution is 0.297. The molecule has 0 fully saturated rings. The average Bonchev–Trinajstić information content (AvgIpc) is 2.98. The van der Waals surface area contributed by atoms with Gasteiger partial charge in [0.1, 0.15) is 12.4 Å². The normalized spacial score (nSPS) is 12.4. The maximum atomic E-state index is 5.86. The van der Waals surface area contributed by atoms with Crippen molar-refractivity contribution in [1.29, 1.82) is 0 Å². The highest BCUT2D eigenvalue weighted by molar-refractivity contribution is 5.72. The zero-order valence-corrected chi connectivity index (χ0v) is 14.9. The summed E-state index contributed by atoms with van der Waals surface area (Å²) in [6.45, 7) is 0.977. The molecule has 0 spiro atoms. The van der Waals surface area contributed by atoms with E-state index in [9.17, 15) is 0 Å². The summed E-state index contributed by atoms with van der Waals surface area (Å²) in [5.74, 6) is 3.99. The number of benzene rings is 2. The Balaban J connectivity index is 1.86. The third-order valence-electron chi connectivity index (χ3n) is 4.43. The van der Waals surface area contributed by atoms with Crippen LogP contribution in [-0.2, 0) is 13.2 Å². The summed E-state index contributed by atoms with van der Waals surface area (Å²) in [4.78, 5) is 0. The van der Waals surface area contributed by atoms with Crippen molar-refractivity contribution in [2.45, 2.75) is 13.2 Å². The molecule has 7 heteroatoms. The molecule has 0 amide bonds. The molecule has 0 N–H and O–H groups in total. The van der Waals surface area contributed by atoms with E-state index in [1.807, 2.05) is 41.0 Å². The Morgan fingerprint density at radius 3 is 2.50 bits per heavy atom. The van der Waals surface area contributed by atoms with Crippen molar-refractivity contribution in [3.05, 3.63) is 47.8 Å². The molecule has 0 unspecified atom stereocenters. The minimum Gasteiger partial charge on any atom is -0.493 e. The maximum Gasteiger partial charge on any atom is 0.204 e. The van der Waals surface area contributed by atoms with E-state index in [1.54, 1.807) is 21.3 Å². The first-order valence-electron chi connectivity index (χ1n) is 8.19. The van der Waals surface area contributed by atoms with Gasteiger partial charge < -0.3 is 23.5 Å². The molecule has 3 aromatic rings. The zero-order valence-electron chi connectivity index (χ0n) is 14.9. The second-order valence-electron chi connectivity index (χ2n) is 5.80. The van der Waals surface area contributed by atoms with E-state index in [4.69, 9.17) is 18.9 Å². The van der Waals surface area contributed by atoms with Gasteiger partial charge in [-0.15, -0.1) is 10.2 Å². The summed E-state index contributed by atoms with van der Waals surface area (Å²) in [7, 11) is 4.77. The molecule has 0 aliphatic carbocycles. The molecule has 2 aromatic carbocycles. The molecule has 26 heavy (non-hydrogen) atoms. The average molecular weight is 353 g/mol. The van der Waals surface area contributed by atoms with Crippen molar-refractivity contribution in [3.8, 4) is 34.4 Å². The summed E-state index contributed by atoms with van der Waals surface area (Å²) >= 11 is 0. The van der Waals surface area contributed by atoms with Crippen molar-refractivity contribution in [1.82, 2.24) is 14.8 Å². The molecule has 4 rings (SSSR count). The second-order valence-corrected chi connectivity index (χ2v) is 5.80. The standard InChI is InChI=1S/C19H19N3O4/c1-23-15-9-8-13(17(24-2)18(15)25-3)19-21-20-16-11-26-14-7-5-4-6-12(14)10-22(16)19/h4-9H,10-11H2,1-3H3. The number of rotatable bonds is 4. The zero-order chi connectivity index (χ0) is 18.1. The predicted molar refractivity (Wildman–Crippen MR) is 95.0 cm³/mol. The maximum absolute atomic E-state index is 5.86. The second kappa shape index (κ2) is 6.59. The lowest BCUT2D eigenvalue weighted by Gasteiger charge is -2.16. The Kier molecular flexibility index (Phi) is 4.12. The van der Waals surface area contributed by atoms with E-state index < -0.39 is 0 Å². The third kappa shape index (κ3) is 2.52. The number of hydrogen-bond acceptors (Lipinski definition) is 6. The predicted octanol–water partition coefficient (Wildman–Crippen LogP) is 2.91. The molecule has 0 radical (unpaired) electrons. The van der Waals surface area contributed by atoms with E-state index in [0.29, 0.717) is 36.2 Å². The van der Waals surface area contributed by atoms with E-state index >= 15 is 0 Å². The summed E-state index contributed by atoms with van der Waals surface area (Å²) in [6.07, 6.45) is 0. The molecule has 0 bridgehead atoms. The molecule has 0 atom stereocenters. The number of aromatic nitrogens is 3. The van der Waals surface area contributed by atoms with Gasteiger partial charge in [0.25, 0.3) is 0 Å². The van der Waals surface area contributed by atoms with Gasteiger partial charge in [0.2, 0.25) is 5.75 Å². The SMILES string of the molecule is COc1ccc(-c2nnc3n2Cc2ccccc2OC3)c(OC)c1OC. The highest BCUT2D eigenvalue weighted by Crippen LogP contribution is 2.44. The number of ether oxygens (including phenoxy) is 4. The quantitative estimate of drug-likeness (QED) is 0.718. The van der Waals surface area contributed by atoms with Gasteiger partial charge in [-0.2, -0.15) is 0 Å². The van der Waals surface area contributed by atoms with E-state index in [1.165, 1.54) is 0 Å². The van der Waals surface area contributed by atoms with Gasteiger partial charge in [0, 0.05) is 5.56 Å². The smallest absolute Gasteiger partial charge is 0.204 e. The fraction of sp³-hybridized carbons (Fsp3) is 0.263. The number of methoxy groups -OCH3 is 3. The van der Waals surface area contributed by atoms with Gasteiger partial charge in [0.15, 0.2) is 23.1 Å². The summed E-state index contributed by atoms with van der Waals surface area (Å²) in [5, 5.41) is 8.69. The van der Waals surface area contributed by atoms with Crippen molar-refractivity contribution in [3.63, 3.8) is 0 Å². The van der Waals surface area contributed by atoms with Crippen LogP contribution in [0.5, 0.6) is 23.0 Å². The minimum absolute atomic E-state index is 0.361. The fourth-order valence-corrected chi connectivity index (χ4v) is 3.17. The first kappa shape index (κ1) is 16.3. The third-order valence-corrected chi connectivity index (χ3v) is 4.43. The Labute approximate surface area is 151 Å². The monoisotopic (exact) mass is 353 g/mol. The van der Waals surface area contributed by atoms with Gasteiger partial charge >= 0.3 is 0 Å². The largest absolute Gasteiger partial charge is 0.493 e. The van der Waals surface area contributed by atoms with Crippen LogP contribution in [0.2, 0.25) is 0 Å². The Bertz CT molecular complexity index is 952. The van der Waals surface area contributed by atoms with E-state index in [2.05, 4.69) is 10.2 Å². The van der Waals surface area contributed by atoms with Crippen LogP contribution in [0.3, 0.4) is 0 Å². The Morgan fingerprint density at radius 2 is 1.73 bits per heavy atom. The highest BCUT2D eigenvalue weighted by Gasteiger charge is 2.24. The van der Waals surface area contributed by atoms with Crippen molar-refractivity contribution in [2.75, 3.05) is 21.3 Å². The number of nitrogens with zero attached hydrogens (tertiary/aromatic N) is 3. The molecular weight excluding hydrogens is 334 g/mol. The van der Waals surface area contributed by atoms with Gasteiger partial charge in [-0.3, -0.25) is 0 Å². The number of para-hydroxylation sites is 1. The van der Waals surface area contributed by atoms with Crippen molar-refractivity contribution >= 4 is 0 Å². The van der Waals surface area contributed by atoms with Gasteiger partial charge in [0.05, 0.1) is 33.4 Å². The topological polar surface area (TPSA) is 67.6 Å². The van der Waals surface area contributed by atoms with Crippen LogP contribution in [0, 0.1) is 0 Å². The Morgan fingerprint density at radius 1 is 0.923 bits per heavy atom. The van der Waals surface area contributed by atoms with Crippen LogP contribution in [0.4, 0.5) is 0 Å². The molecule has 2 heterocycles. The molecule has 0 saturated heterocycles. The lowest BCUT2D eigenvalue weighted by atomic mass is 10.1. The minimum atomic E-state index is 0.361. The van der Waals surface area contributed by atoms with Gasteiger partial charge in [-0.05, 0) is 18.2 Å². The van der Waals surface area contributed by atoms with Crippen LogP contribution in [0.1, 0.15) is 11.4 Å². The molecule has 7 nitrogen and oxygen atoms in total. The molecule has 0 saturated carbocycles. The summed E-state index contributed by atoms with van der Waals surface area (Å²) < 4.78 is 24.4. The number of fused-ring (bicyclic) bond motifs is 2. The fourth-order valence-electron chi connectivity index (χ4n) is 3.17. The molecular formula is C19H19N3O4. The molecule has 134 valence electrons. The van der Waals surface area contributed by atoms with E-state index in [0.717, 1.165) is 22.7 Å². The van der Waals surface area contributed by atoms with Crippen molar-refractivity contribution < 1.29 is 18.9 Å². The summed E-state index contributed by atoms with van der Waals surface area (Å²) in [5.41, 5.74) is 1.86. The van der Waals surface area contributed by atoms with Crippen LogP contribution in [0.25, 0.3) is 11.4 Å². The van der Waals surface area contributed by atoms with Crippen LogP contribution < -0.4 is 18.9 Å². The van der Waals surface area contributed by atoms with Crippen molar-refractivity contribution in [2.24, 2.45) is 0 Å². The first-order chi connectivity index (χ1) is 12.8. The van der Waals surface area contributed by atoms with Crippen LogP contribution >= 0.6 is 0 Å². The first-order valence-corrected chi connectivity index (χ1v) is 8.19. The van der Waals surface area contributed by atoms with Crippen LogP contribution in [-0.4, -0.2) is 36.1 Å². The Hall–Kier alpha value is -3.22. The molecule has 1 aliphatic heterocycles. The van der Waals surface area contributed by atoms with Gasteiger partial charge in [-0.25, -0.2) is 0 Å².